The third-order valence-corrected chi connectivity index (χ3v) is 4.48. The quantitative estimate of drug-likeness (QED) is 0.821. The Bertz CT molecular complexity index is 365. The zero-order chi connectivity index (χ0) is 12.4. The van der Waals surface area contributed by atoms with Crippen LogP contribution in [-0.2, 0) is 6.54 Å². The molecule has 1 aromatic rings. The molecule has 4 nitrogen and oxygen atoms in total. The maximum absolute atomic E-state index is 4.94. The molecule has 2 unspecified atom stereocenters. The second-order valence-electron chi connectivity index (χ2n) is 5.63. The lowest BCUT2D eigenvalue weighted by atomic mass is 9.95. The molecule has 4 heteroatoms. The number of hydrogen-bond acceptors (Lipinski definition) is 4. The van der Waals surface area contributed by atoms with Gasteiger partial charge >= 0.3 is 0 Å². The molecule has 0 radical (unpaired) electrons. The number of nitrogens with zero attached hydrogens (tertiary/aromatic N) is 3. The standard InChI is InChI=1S/C14H23N3O/c1-2-13-10-16-7-4-3-5-14(16)11-17(13)9-12-6-8-18-15-12/h6,8,13-14H,2-5,7,9-11H2,1H3. The van der Waals surface area contributed by atoms with Gasteiger partial charge in [-0.3, -0.25) is 9.80 Å². The van der Waals surface area contributed by atoms with Gasteiger partial charge in [0.1, 0.15) is 6.26 Å². The van der Waals surface area contributed by atoms with Gasteiger partial charge < -0.3 is 4.52 Å². The molecule has 0 bridgehead atoms. The van der Waals surface area contributed by atoms with Crippen LogP contribution in [0.2, 0.25) is 0 Å². The van der Waals surface area contributed by atoms with Crippen molar-refractivity contribution < 1.29 is 4.52 Å². The smallest absolute Gasteiger partial charge is 0.124 e. The average molecular weight is 249 g/mol. The largest absolute Gasteiger partial charge is 0.364 e. The molecular formula is C14H23N3O. The van der Waals surface area contributed by atoms with E-state index in [1.54, 1.807) is 6.26 Å². The van der Waals surface area contributed by atoms with Gasteiger partial charge in [0.05, 0.1) is 5.69 Å². The molecule has 0 spiro atoms. The van der Waals surface area contributed by atoms with Crippen LogP contribution in [0, 0.1) is 0 Å². The van der Waals surface area contributed by atoms with E-state index in [1.807, 2.05) is 6.07 Å². The minimum Gasteiger partial charge on any atom is -0.364 e. The maximum atomic E-state index is 4.94. The summed E-state index contributed by atoms with van der Waals surface area (Å²) in [4.78, 5) is 5.31. The van der Waals surface area contributed by atoms with E-state index < -0.39 is 0 Å². The highest BCUT2D eigenvalue weighted by atomic mass is 16.5. The van der Waals surface area contributed by atoms with Crippen molar-refractivity contribution in [2.24, 2.45) is 0 Å². The number of piperidine rings is 1. The van der Waals surface area contributed by atoms with Crippen molar-refractivity contribution in [3.8, 4) is 0 Å². The molecular weight excluding hydrogens is 226 g/mol. The summed E-state index contributed by atoms with van der Waals surface area (Å²) in [5, 5.41) is 4.05. The fourth-order valence-corrected chi connectivity index (χ4v) is 3.42. The zero-order valence-corrected chi connectivity index (χ0v) is 11.2. The monoisotopic (exact) mass is 249 g/mol. The van der Waals surface area contributed by atoms with Crippen molar-refractivity contribution in [1.82, 2.24) is 15.0 Å². The highest BCUT2D eigenvalue weighted by Crippen LogP contribution is 2.26. The molecule has 2 fully saturated rings. The first kappa shape index (κ1) is 12.2. The first-order valence-electron chi connectivity index (χ1n) is 7.24. The van der Waals surface area contributed by atoms with E-state index in [9.17, 15) is 0 Å². The molecule has 2 aliphatic rings. The number of aromatic nitrogens is 1. The minimum absolute atomic E-state index is 0.677. The first-order chi connectivity index (χ1) is 8.86. The van der Waals surface area contributed by atoms with Gasteiger partial charge in [-0.1, -0.05) is 18.5 Å². The summed E-state index contributed by atoms with van der Waals surface area (Å²) in [6, 6.07) is 3.43. The Morgan fingerprint density at radius 2 is 2.33 bits per heavy atom. The molecule has 0 N–H and O–H groups in total. The lowest BCUT2D eigenvalue weighted by Gasteiger charge is -2.48. The van der Waals surface area contributed by atoms with Gasteiger partial charge in [-0.05, 0) is 25.8 Å². The average Bonchev–Trinajstić information content (AvgIpc) is 2.91. The predicted molar refractivity (Wildman–Crippen MR) is 70.2 cm³/mol. The van der Waals surface area contributed by atoms with E-state index in [0.717, 1.165) is 18.3 Å². The van der Waals surface area contributed by atoms with Crippen molar-refractivity contribution in [1.29, 1.82) is 0 Å². The molecule has 2 saturated heterocycles. The molecule has 0 aromatic carbocycles. The van der Waals surface area contributed by atoms with Gasteiger partial charge in [-0.15, -0.1) is 0 Å². The van der Waals surface area contributed by atoms with Crippen molar-refractivity contribution >= 4 is 0 Å². The summed E-state index contributed by atoms with van der Waals surface area (Å²) in [5.41, 5.74) is 1.07. The van der Waals surface area contributed by atoms with Gasteiger partial charge in [-0.25, -0.2) is 0 Å². The lowest BCUT2D eigenvalue weighted by Crippen LogP contribution is -2.58. The Morgan fingerprint density at radius 3 is 3.11 bits per heavy atom. The van der Waals surface area contributed by atoms with Gasteiger partial charge in [-0.2, -0.15) is 0 Å². The Hall–Kier alpha value is -0.870. The topological polar surface area (TPSA) is 32.5 Å². The predicted octanol–water partition coefficient (Wildman–Crippen LogP) is 2.12. The lowest BCUT2D eigenvalue weighted by molar-refractivity contribution is 0.00231. The third kappa shape index (κ3) is 2.45. The Morgan fingerprint density at radius 1 is 1.39 bits per heavy atom. The molecule has 100 valence electrons. The van der Waals surface area contributed by atoms with Gasteiger partial charge in [0.25, 0.3) is 0 Å². The van der Waals surface area contributed by atoms with Crippen molar-refractivity contribution in [2.45, 2.75) is 51.2 Å². The molecule has 3 rings (SSSR count). The van der Waals surface area contributed by atoms with Crippen molar-refractivity contribution in [2.75, 3.05) is 19.6 Å². The molecule has 3 heterocycles. The van der Waals surface area contributed by atoms with Gasteiger partial charge in [0.15, 0.2) is 0 Å². The van der Waals surface area contributed by atoms with Crippen LogP contribution in [0.1, 0.15) is 38.3 Å². The zero-order valence-electron chi connectivity index (χ0n) is 11.2. The normalized spacial score (nSPS) is 30.3. The highest BCUT2D eigenvalue weighted by Gasteiger charge is 2.34. The van der Waals surface area contributed by atoms with Crippen LogP contribution >= 0.6 is 0 Å². The van der Waals surface area contributed by atoms with E-state index in [-0.39, 0.29) is 0 Å². The Labute approximate surface area is 109 Å². The second kappa shape index (κ2) is 5.41. The van der Waals surface area contributed by atoms with E-state index in [4.69, 9.17) is 4.52 Å². The van der Waals surface area contributed by atoms with Crippen LogP contribution in [0.4, 0.5) is 0 Å². The molecule has 2 atom stereocenters. The summed E-state index contributed by atoms with van der Waals surface area (Å²) in [6.07, 6.45) is 7.05. The molecule has 18 heavy (non-hydrogen) atoms. The summed E-state index contributed by atoms with van der Waals surface area (Å²) in [7, 11) is 0. The van der Waals surface area contributed by atoms with E-state index in [2.05, 4.69) is 21.9 Å². The van der Waals surface area contributed by atoms with E-state index >= 15 is 0 Å². The van der Waals surface area contributed by atoms with Gasteiger partial charge in [0.2, 0.25) is 0 Å². The molecule has 0 amide bonds. The fraction of sp³-hybridized carbons (Fsp3) is 0.786. The number of fused-ring (bicyclic) bond motifs is 1. The number of rotatable bonds is 3. The number of hydrogen-bond donors (Lipinski definition) is 0. The minimum atomic E-state index is 0.677. The van der Waals surface area contributed by atoms with E-state index in [0.29, 0.717) is 6.04 Å². The molecule has 1 aromatic heterocycles. The van der Waals surface area contributed by atoms with Crippen LogP contribution < -0.4 is 0 Å². The van der Waals surface area contributed by atoms with Crippen LogP contribution in [0.3, 0.4) is 0 Å². The van der Waals surface area contributed by atoms with Crippen LogP contribution in [0.5, 0.6) is 0 Å². The van der Waals surface area contributed by atoms with Crippen molar-refractivity contribution in [3.05, 3.63) is 18.0 Å². The molecule has 0 aliphatic carbocycles. The summed E-state index contributed by atoms with van der Waals surface area (Å²) in [6.45, 7) is 6.98. The number of piperazine rings is 1. The molecule has 2 aliphatic heterocycles. The Kier molecular flexibility index (Phi) is 3.66. The fourth-order valence-electron chi connectivity index (χ4n) is 3.42. The summed E-state index contributed by atoms with van der Waals surface area (Å²) in [5.74, 6) is 0. The van der Waals surface area contributed by atoms with Crippen molar-refractivity contribution in [3.63, 3.8) is 0 Å². The van der Waals surface area contributed by atoms with Gasteiger partial charge in [0, 0.05) is 37.8 Å². The SMILES string of the molecule is CCC1CN2CCCCC2CN1Cc1ccon1. The molecule has 0 saturated carbocycles. The first-order valence-corrected chi connectivity index (χ1v) is 7.24. The van der Waals surface area contributed by atoms with Crippen LogP contribution in [-0.4, -0.2) is 46.7 Å². The third-order valence-electron chi connectivity index (χ3n) is 4.48. The summed E-state index contributed by atoms with van der Waals surface area (Å²) >= 11 is 0. The van der Waals surface area contributed by atoms with Crippen LogP contribution in [0.15, 0.2) is 16.9 Å². The highest BCUT2D eigenvalue weighted by molar-refractivity contribution is 4.98. The van der Waals surface area contributed by atoms with Crippen LogP contribution in [0.25, 0.3) is 0 Å². The maximum Gasteiger partial charge on any atom is 0.124 e. The Balaban J connectivity index is 1.68. The summed E-state index contributed by atoms with van der Waals surface area (Å²) < 4.78 is 4.94. The second-order valence-corrected chi connectivity index (χ2v) is 5.63. The van der Waals surface area contributed by atoms with E-state index in [1.165, 1.54) is 45.3 Å².